The molecule has 0 aliphatic heterocycles. The van der Waals surface area contributed by atoms with Crippen LogP contribution in [0.25, 0.3) is 0 Å². The molecule has 0 bridgehead atoms. The van der Waals surface area contributed by atoms with E-state index in [1.165, 1.54) is 17.7 Å². The highest BCUT2D eigenvalue weighted by Crippen LogP contribution is 2.29. The van der Waals surface area contributed by atoms with Gasteiger partial charge < -0.3 is 4.98 Å². The zero-order chi connectivity index (χ0) is 13.9. The highest BCUT2D eigenvalue weighted by molar-refractivity contribution is 7.98. The number of benzene rings is 1. The van der Waals surface area contributed by atoms with E-state index in [-0.39, 0.29) is 11.5 Å². The van der Waals surface area contributed by atoms with Gasteiger partial charge in [-0.2, -0.15) is 4.98 Å². The summed E-state index contributed by atoms with van der Waals surface area (Å²) < 4.78 is 12.9. The Kier molecular flexibility index (Phi) is 3.87. The lowest BCUT2D eigenvalue weighted by atomic mass is 9.98. The second kappa shape index (κ2) is 5.79. The largest absolute Gasteiger partial charge is 0.346 e. The number of nitrogens with zero attached hydrogens (tertiary/aromatic N) is 1. The van der Waals surface area contributed by atoms with Crippen molar-refractivity contribution in [2.24, 2.45) is 0 Å². The van der Waals surface area contributed by atoms with Gasteiger partial charge >= 0.3 is 5.69 Å². The molecule has 1 aliphatic rings. The summed E-state index contributed by atoms with van der Waals surface area (Å²) in [6, 6.07) is 6.44. The minimum absolute atomic E-state index is 0.231. The molecule has 0 fully saturated rings. The first-order chi connectivity index (χ1) is 9.72. The van der Waals surface area contributed by atoms with Gasteiger partial charge in [0.15, 0.2) is 0 Å². The van der Waals surface area contributed by atoms with Crippen molar-refractivity contribution in [3.8, 4) is 0 Å². The van der Waals surface area contributed by atoms with Crippen LogP contribution < -0.4 is 5.69 Å². The molecule has 0 amide bonds. The first-order valence-corrected chi connectivity index (χ1v) is 7.70. The lowest BCUT2D eigenvalue weighted by molar-refractivity contribution is 0.627. The van der Waals surface area contributed by atoms with Crippen LogP contribution in [-0.4, -0.2) is 9.97 Å². The van der Waals surface area contributed by atoms with Gasteiger partial charge in [0.05, 0.1) is 0 Å². The lowest BCUT2D eigenvalue weighted by Gasteiger charge is -2.17. The summed E-state index contributed by atoms with van der Waals surface area (Å²) >= 11 is 1.55. The van der Waals surface area contributed by atoms with E-state index in [0.29, 0.717) is 5.75 Å². The second-order valence-corrected chi connectivity index (χ2v) is 5.89. The fourth-order valence-electron chi connectivity index (χ4n) is 2.45. The van der Waals surface area contributed by atoms with Crippen LogP contribution in [0, 0.1) is 5.82 Å². The number of fused-ring (bicyclic) bond motifs is 1. The molecule has 1 N–H and O–H groups in total. The molecule has 1 aliphatic carbocycles. The molecule has 5 heteroatoms. The van der Waals surface area contributed by atoms with E-state index in [1.807, 2.05) is 0 Å². The monoisotopic (exact) mass is 290 g/mol. The molecule has 20 heavy (non-hydrogen) atoms. The number of thioether (sulfide) groups is 1. The fourth-order valence-corrected chi connectivity index (χ4v) is 3.49. The van der Waals surface area contributed by atoms with Crippen molar-refractivity contribution >= 4 is 11.8 Å². The molecule has 1 aromatic heterocycles. The third-order valence-corrected chi connectivity index (χ3v) is 4.56. The Bertz CT molecular complexity index is 667. The third-order valence-electron chi connectivity index (χ3n) is 3.48. The Labute approximate surface area is 120 Å². The van der Waals surface area contributed by atoms with Crippen molar-refractivity contribution in [1.29, 1.82) is 0 Å². The molecule has 0 unspecified atom stereocenters. The minimum Gasteiger partial charge on any atom is -0.309 e. The predicted molar refractivity (Wildman–Crippen MR) is 77.5 cm³/mol. The molecule has 1 heterocycles. The molecule has 0 saturated heterocycles. The first kappa shape index (κ1) is 13.4. The molecule has 0 spiro atoms. The van der Waals surface area contributed by atoms with E-state index in [2.05, 4.69) is 9.97 Å². The number of hydrogen-bond acceptors (Lipinski definition) is 3. The zero-order valence-electron chi connectivity index (χ0n) is 11.0. The summed E-state index contributed by atoms with van der Waals surface area (Å²) in [4.78, 5) is 18.5. The molecular weight excluding hydrogens is 275 g/mol. The number of hydrogen-bond donors (Lipinski definition) is 1. The quantitative estimate of drug-likeness (QED) is 0.698. The highest BCUT2D eigenvalue weighted by Gasteiger charge is 2.16. The van der Waals surface area contributed by atoms with Crippen molar-refractivity contribution in [2.45, 2.75) is 36.5 Å². The number of nitrogens with one attached hydrogen (secondary N) is 1. The Morgan fingerprint density at radius 3 is 2.75 bits per heavy atom. The SMILES string of the molecule is O=c1nc(SCc2ccc(F)cc2)c2c([nH]1)CCCC2. The van der Waals surface area contributed by atoms with E-state index >= 15 is 0 Å². The predicted octanol–water partition coefficient (Wildman–Crippen LogP) is 3.08. The number of halogens is 1. The van der Waals surface area contributed by atoms with Crippen molar-refractivity contribution in [2.75, 3.05) is 0 Å². The number of aromatic amines is 1. The molecule has 3 nitrogen and oxygen atoms in total. The average molecular weight is 290 g/mol. The fraction of sp³-hybridized carbons (Fsp3) is 0.333. The van der Waals surface area contributed by atoms with Crippen LogP contribution in [0.2, 0.25) is 0 Å². The molecule has 0 saturated carbocycles. The van der Waals surface area contributed by atoms with E-state index < -0.39 is 0 Å². The molecule has 0 radical (unpaired) electrons. The second-order valence-electron chi connectivity index (χ2n) is 4.93. The van der Waals surface area contributed by atoms with Gasteiger partial charge in [0, 0.05) is 17.0 Å². The normalized spacial score (nSPS) is 14.1. The molecule has 3 rings (SSSR count). The van der Waals surface area contributed by atoms with E-state index in [4.69, 9.17) is 0 Å². The summed E-state index contributed by atoms with van der Waals surface area (Å²) in [5.74, 6) is 0.466. The van der Waals surface area contributed by atoms with Gasteiger partial charge in [-0.15, -0.1) is 11.8 Å². The maximum Gasteiger partial charge on any atom is 0.346 e. The van der Waals surface area contributed by atoms with Crippen LogP contribution >= 0.6 is 11.8 Å². The average Bonchev–Trinajstić information content (AvgIpc) is 2.46. The van der Waals surface area contributed by atoms with Gasteiger partial charge in [0.1, 0.15) is 10.8 Å². The van der Waals surface area contributed by atoms with Crippen molar-refractivity contribution in [3.63, 3.8) is 0 Å². The Hall–Kier alpha value is -1.62. The van der Waals surface area contributed by atoms with Crippen LogP contribution in [-0.2, 0) is 18.6 Å². The van der Waals surface area contributed by atoms with Gasteiger partial charge in [0.25, 0.3) is 0 Å². The molecule has 0 atom stereocenters. The van der Waals surface area contributed by atoms with Gasteiger partial charge in [-0.05, 0) is 43.4 Å². The smallest absolute Gasteiger partial charge is 0.309 e. The molecule has 1 aromatic carbocycles. The Morgan fingerprint density at radius 1 is 1.20 bits per heavy atom. The van der Waals surface area contributed by atoms with E-state index in [0.717, 1.165) is 42.0 Å². The van der Waals surface area contributed by atoms with Gasteiger partial charge in [-0.25, -0.2) is 9.18 Å². The summed E-state index contributed by atoms with van der Waals surface area (Å²) in [7, 11) is 0. The van der Waals surface area contributed by atoms with Crippen LogP contribution in [0.5, 0.6) is 0 Å². The zero-order valence-corrected chi connectivity index (χ0v) is 11.8. The van der Waals surface area contributed by atoms with Crippen LogP contribution in [0.15, 0.2) is 34.1 Å². The van der Waals surface area contributed by atoms with Gasteiger partial charge in [-0.3, -0.25) is 0 Å². The Balaban J connectivity index is 1.82. The lowest BCUT2D eigenvalue weighted by Crippen LogP contribution is -2.19. The maximum absolute atomic E-state index is 12.9. The van der Waals surface area contributed by atoms with E-state index in [9.17, 15) is 9.18 Å². The number of aromatic nitrogens is 2. The number of aryl methyl sites for hydroxylation is 1. The first-order valence-electron chi connectivity index (χ1n) is 6.72. The number of rotatable bonds is 3. The van der Waals surface area contributed by atoms with E-state index in [1.54, 1.807) is 23.9 Å². The maximum atomic E-state index is 12.9. The number of H-pyrrole nitrogens is 1. The van der Waals surface area contributed by atoms with Crippen molar-refractivity contribution in [3.05, 3.63) is 57.4 Å². The van der Waals surface area contributed by atoms with Crippen LogP contribution in [0.3, 0.4) is 0 Å². The standard InChI is InChI=1S/C15H15FN2OS/c16-11-7-5-10(6-8-11)9-20-14-12-3-1-2-4-13(12)17-15(19)18-14/h5-8H,1-4,9H2,(H,17,18,19). The van der Waals surface area contributed by atoms with Crippen molar-refractivity contribution < 1.29 is 4.39 Å². The Morgan fingerprint density at radius 2 is 1.95 bits per heavy atom. The topological polar surface area (TPSA) is 45.8 Å². The minimum atomic E-state index is -0.271. The molecule has 2 aromatic rings. The van der Waals surface area contributed by atoms with Crippen LogP contribution in [0.4, 0.5) is 4.39 Å². The summed E-state index contributed by atoms with van der Waals surface area (Å²) in [5.41, 5.74) is 2.98. The summed E-state index contributed by atoms with van der Waals surface area (Å²) in [6.07, 6.45) is 4.17. The molecular formula is C15H15FN2OS. The van der Waals surface area contributed by atoms with Crippen LogP contribution in [0.1, 0.15) is 29.7 Å². The summed E-state index contributed by atoms with van der Waals surface area (Å²) in [6.45, 7) is 0. The van der Waals surface area contributed by atoms with Gasteiger partial charge in [0.2, 0.25) is 0 Å². The summed E-state index contributed by atoms with van der Waals surface area (Å²) in [5, 5.41) is 0.827. The van der Waals surface area contributed by atoms with Gasteiger partial charge in [-0.1, -0.05) is 12.1 Å². The third kappa shape index (κ3) is 2.93. The molecule has 104 valence electrons. The van der Waals surface area contributed by atoms with Crippen molar-refractivity contribution in [1.82, 2.24) is 9.97 Å². The highest BCUT2D eigenvalue weighted by atomic mass is 32.2.